The van der Waals surface area contributed by atoms with Gasteiger partial charge in [0.1, 0.15) is 0 Å². The van der Waals surface area contributed by atoms with E-state index in [0.29, 0.717) is 0 Å². The Morgan fingerprint density at radius 3 is 2.27 bits per heavy atom. The summed E-state index contributed by atoms with van der Waals surface area (Å²) in [7, 11) is 0. The van der Waals surface area contributed by atoms with Gasteiger partial charge in [-0.05, 0) is 41.2 Å². The molecule has 0 saturated heterocycles. The fraction of sp³-hybridized carbons (Fsp3) is 0.600. The van der Waals surface area contributed by atoms with Crippen molar-refractivity contribution in [3.05, 3.63) is 35.4 Å². The quantitative estimate of drug-likeness (QED) is 0.662. The molecule has 0 nitrogen and oxygen atoms in total. The molecule has 0 heteroatoms. The van der Waals surface area contributed by atoms with E-state index in [1.54, 1.807) is 5.56 Å². The van der Waals surface area contributed by atoms with Crippen molar-refractivity contribution in [2.45, 2.75) is 51.9 Å². The van der Waals surface area contributed by atoms with Crippen LogP contribution in [0.1, 0.15) is 57.6 Å². The van der Waals surface area contributed by atoms with Crippen molar-refractivity contribution in [3.63, 3.8) is 0 Å². The van der Waals surface area contributed by atoms with Crippen molar-refractivity contribution in [2.75, 3.05) is 0 Å². The summed E-state index contributed by atoms with van der Waals surface area (Å²) in [6.07, 6.45) is 2.86. The predicted octanol–water partition coefficient (Wildman–Crippen LogP) is 4.50. The molecule has 1 aliphatic carbocycles. The first-order valence-corrected chi connectivity index (χ1v) is 6.09. The Morgan fingerprint density at radius 2 is 1.73 bits per heavy atom. The molecular weight excluding hydrogens is 180 g/mol. The number of hydrogen-bond acceptors (Lipinski definition) is 0. The van der Waals surface area contributed by atoms with Crippen LogP contribution in [0.5, 0.6) is 0 Å². The Kier molecular flexibility index (Phi) is 2.62. The molecule has 1 saturated carbocycles. The molecule has 0 radical (unpaired) electrons. The van der Waals surface area contributed by atoms with Crippen LogP contribution in [0.15, 0.2) is 24.3 Å². The minimum absolute atomic E-state index is 0.278. The molecule has 1 fully saturated rings. The average Bonchev–Trinajstić information content (AvgIpc) is 2.98. The van der Waals surface area contributed by atoms with Crippen molar-refractivity contribution in [1.29, 1.82) is 0 Å². The van der Waals surface area contributed by atoms with Gasteiger partial charge in [-0.2, -0.15) is 0 Å². The summed E-state index contributed by atoms with van der Waals surface area (Å²) in [5, 5.41) is 0. The van der Waals surface area contributed by atoms with Gasteiger partial charge in [0.2, 0.25) is 0 Å². The minimum Gasteiger partial charge on any atom is -0.0620 e. The highest BCUT2D eigenvalue weighted by Gasteiger charge is 2.31. The average molecular weight is 202 g/mol. The van der Waals surface area contributed by atoms with Gasteiger partial charge in [-0.1, -0.05) is 52.0 Å². The molecule has 1 unspecified atom stereocenters. The minimum atomic E-state index is 0.278. The van der Waals surface area contributed by atoms with Crippen LogP contribution < -0.4 is 0 Å². The molecule has 1 aromatic rings. The maximum absolute atomic E-state index is 2.39. The van der Waals surface area contributed by atoms with E-state index in [0.717, 1.165) is 11.8 Å². The monoisotopic (exact) mass is 202 g/mol. The van der Waals surface area contributed by atoms with Gasteiger partial charge in [0.05, 0.1) is 0 Å². The summed E-state index contributed by atoms with van der Waals surface area (Å²) < 4.78 is 0. The molecule has 0 amide bonds. The third-order valence-electron chi connectivity index (χ3n) is 3.59. The predicted molar refractivity (Wildman–Crippen MR) is 66.3 cm³/mol. The van der Waals surface area contributed by atoms with E-state index >= 15 is 0 Å². The van der Waals surface area contributed by atoms with E-state index in [1.807, 2.05) is 0 Å². The molecule has 2 rings (SSSR count). The van der Waals surface area contributed by atoms with Crippen LogP contribution in [-0.4, -0.2) is 0 Å². The van der Waals surface area contributed by atoms with E-state index in [4.69, 9.17) is 0 Å². The Labute approximate surface area is 93.7 Å². The van der Waals surface area contributed by atoms with Crippen LogP contribution in [0, 0.1) is 5.92 Å². The standard InChI is InChI=1S/C15H22/c1-11(12-9-10-12)13-7-5-6-8-14(13)15(2,3)4/h5-8,11-12H,9-10H2,1-4H3. The van der Waals surface area contributed by atoms with Crippen LogP contribution in [0.25, 0.3) is 0 Å². The number of hydrogen-bond donors (Lipinski definition) is 0. The smallest absolute Gasteiger partial charge is 0.0129 e. The first-order chi connectivity index (χ1) is 7.00. The van der Waals surface area contributed by atoms with E-state index < -0.39 is 0 Å². The summed E-state index contributed by atoms with van der Waals surface area (Å²) in [6, 6.07) is 8.98. The highest BCUT2D eigenvalue weighted by molar-refractivity contribution is 5.36. The van der Waals surface area contributed by atoms with Crippen molar-refractivity contribution in [1.82, 2.24) is 0 Å². The number of rotatable bonds is 2. The lowest BCUT2D eigenvalue weighted by Crippen LogP contribution is -2.15. The van der Waals surface area contributed by atoms with Crippen LogP contribution >= 0.6 is 0 Å². The molecule has 1 atom stereocenters. The molecule has 82 valence electrons. The van der Waals surface area contributed by atoms with E-state index in [2.05, 4.69) is 52.0 Å². The van der Waals surface area contributed by atoms with Gasteiger partial charge < -0.3 is 0 Å². The normalized spacial score (nSPS) is 18.9. The van der Waals surface area contributed by atoms with Gasteiger partial charge in [-0.25, -0.2) is 0 Å². The summed E-state index contributed by atoms with van der Waals surface area (Å²) in [6.45, 7) is 9.32. The first kappa shape index (κ1) is 10.7. The molecule has 1 aliphatic rings. The lowest BCUT2D eigenvalue weighted by Gasteiger charge is -2.25. The highest BCUT2D eigenvalue weighted by atomic mass is 14.4. The van der Waals surface area contributed by atoms with Gasteiger partial charge in [0.15, 0.2) is 0 Å². The third-order valence-corrected chi connectivity index (χ3v) is 3.59. The van der Waals surface area contributed by atoms with Crippen LogP contribution in [0.2, 0.25) is 0 Å². The molecule has 15 heavy (non-hydrogen) atoms. The van der Waals surface area contributed by atoms with Crippen molar-refractivity contribution >= 4 is 0 Å². The molecule has 0 aliphatic heterocycles. The lowest BCUT2D eigenvalue weighted by atomic mass is 9.79. The van der Waals surface area contributed by atoms with Crippen LogP contribution in [0.4, 0.5) is 0 Å². The fourth-order valence-corrected chi connectivity index (χ4v) is 2.43. The van der Waals surface area contributed by atoms with Crippen molar-refractivity contribution < 1.29 is 0 Å². The van der Waals surface area contributed by atoms with Gasteiger partial charge in [-0.15, -0.1) is 0 Å². The zero-order valence-electron chi connectivity index (χ0n) is 10.4. The largest absolute Gasteiger partial charge is 0.0620 e. The molecule has 1 aromatic carbocycles. The maximum atomic E-state index is 2.39. The maximum Gasteiger partial charge on any atom is -0.0129 e. The summed E-state index contributed by atoms with van der Waals surface area (Å²) in [5.74, 6) is 1.70. The van der Waals surface area contributed by atoms with Crippen LogP contribution in [-0.2, 0) is 5.41 Å². The molecule has 0 spiro atoms. The van der Waals surface area contributed by atoms with Gasteiger partial charge in [-0.3, -0.25) is 0 Å². The zero-order chi connectivity index (χ0) is 11.1. The Morgan fingerprint density at radius 1 is 1.13 bits per heavy atom. The second-order valence-electron chi connectivity index (χ2n) is 5.96. The molecule has 0 bridgehead atoms. The van der Waals surface area contributed by atoms with Crippen molar-refractivity contribution in [2.24, 2.45) is 5.92 Å². The lowest BCUT2D eigenvalue weighted by molar-refractivity contribution is 0.561. The van der Waals surface area contributed by atoms with E-state index in [9.17, 15) is 0 Å². The van der Waals surface area contributed by atoms with E-state index in [1.165, 1.54) is 18.4 Å². The Bertz CT molecular complexity index is 339. The molecular formula is C15H22. The summed E-state index contributed by atoms with van der Waals surface area (Å²) in [4.78, 5) is 0. The molecule has 0 N–H and O–H groups in total. The number of benzene rings is 1. The highest BCUT2D eigenvalue weighted by Crippen LogP contribution is 2.44. The summed E-state index contributed by atoms with van der Waals surface area (Å²) >= 11 is 0. The van der Waals surface area contributed by atoms with Crippen molar-refractivity contribution in [3.8, 4) is 0 Å². The fourth-order valence-electron chi connectivity index (χ4n) is 2.43. The molecule has 0 heterocycles. The molecule has 0 aromatic heterocycles. The third kappa shape index (κ3) is 2.25. The topological polar surface area (TPSA) is 0 Å². The first-order valence-electron chi connectivity index (χ1n) is 6.09. The Balaban J connectivity index is 2.37. The van der Waals surface area contributed by atoms with Crippen LogP contribution in [0.3, 0.4) is 0 Å². The van der Waals surface area contributed by atoms with E-state index in [-0.39, 0.29) is 5.41 Å². The SMILES string of the molecule is CC(c1ccccc1C(C)(C)C)C1CC1. The summed E-state index contributed by atoms with van der Waals surface area (Å²) in [5.41, 5.74) is 3.39. The zero-order valence-corrected chi connectivity index (χ0v) is 10.4. The second kappa shape index (κ2) is 3.66. The Hall–Kier alpha value is -0.780. The van der Waals surface area contributed by atoms with Gasteiger partial charge in [0.25, 0.3) is 0 Å². The second-order valence-corrected chi connectivity index (χ2v) is 5.96. The van der Waals surface area contributed by atoms with Gasteiger partial charge in [0, 0.05) is 0 Å². The van der Waals surface area contributed by atoms with Gasteiger partial charge >= 0.3 is 0 Å².